The van der Waals surface area contributed by atoms with Gasteiger partial charge in [-0.2, -0.15) is 0 Å². The molecule has 172 valence electrons. The molecule has 0 saturated heterocycles. The summed E-state index contributed by atoms with van der Waals surface area (Å²) in [4.78, 5) is 13.2. The van der Waals surface area contributed by atoms with Gasteiger partial charge in [-0.25, -0.2) is 0 Å². The fraction of sp³-hybridized carbons (Fsp3) is 0.156. The van der Waals surface area contributed by atoms with Gasteiger partial charge in [0, 0.05) is 46.2 Å². The molecule has 0 atom stereocenters. The summed E-state index contributed by atoms with van der Waals surface area (Å²) < 4.78 is 4.36. The molecule has 35 heavy (non-hydrogen) atoms. The average molecular weight is 457 g/mol. The Morgan fingerprint density at radius 1 is 0.686 bits per heavy atom. The van der Waals surface area contributed by atoms with Crippen LogP contribution in [-0.4, -0.2) is 15.0 Å². The van der Waals surface area contributed by atoms with E-state index in [1.54, 1.807) is 6.92 Å². The first-order valence-electron chi connectivity index (χ1n) is 12.4. The Bertz CT molecular complexity index is 1690. The minimum Gasteiger partial charge on any atom is -0.340 e. The van der Waals surface area contributed by atoms with Crippen LogP contribution in [0.15, 0.2) is 97.1 Å². The Morgan fingerprint density at radius 2 is 1.31 bits per heavy atom. The Balaban J connectivity index is 1.81. The van der Waals surface area contributed by atoms with E-state index in [0.29, 0.717) is 0 Å². The Morgan fingerprint density at radius 3 is 2.00 bits per heavy atom. The molecule has 0 bridgehead atoms. The first kappa shape index (κ1) is 21.4. The largest absolute Gasteiger partial charge is 0.340 e. The predicted molar refractivity (Wildman–Crippen MR) is 147 cm³/mol. The van der Waals surface area contributed by atoms with E-state index in [9.17, 15) is 4.79 Å². The van der Waals surface area contributed by atoms with Crippen LogP contribution in [0.3, 0.4) is 0 Å². The van der Waals surface area contributed by atoms with Crippen molar-refractivity contribution in [2.75, 3.05) is 0 Å². The van der Waals surface area contributed by atoms with Crippen LogP contribution in [0.2, 0.25) is 0 Å². The first-order chi connectivity index (χ1) is 17.2. The number of para-hydroxylation sites is 1. The van der Waals surface area contributed by atoms with Gasteiger partial charge < -0.3 is 4.57 Å². The third-order valence-corrected chi connectivity index (χ3v) is 7.02. The number of aromatic nitrogens is 2. The molecule has 3 nitrogen and oxygen atoms in total. The second kappa shape index (κ2) is 8.59. The first-order valence-corrected chi connectivity index (χ1v) is 12.4. The van der Waals surface area contributed by atoms with Gasteiger partial charge in [-0.05, 0) is 35.7 Å². The molecule has 6 aromatic rings. The molecule has 2 aromatic heterocycles. The van der Waals surface area contributed by atoms with E-state index in [1.165, 1.54) is 21.8 Å². The molecule has 4 aromatic carbocycles. The topological polar surface area (TPSA) is 26.9 Å². The third-order valence-electron chi connectivity index (χ3n) is 7.02. The van der Waals surface area contributed by atoms with Gasteiger partial charge in [-0.1, -0.05) is 92.2 Å². The van der Waals surface area contributed by atoms with Crippen LogP contribution in [0.4, 0.5) is 0 Å². The van der Waals surface area contributed by atoms with Crippen molar-refractivity contribution in [1.29, 1.82) is 0 Å². The summed E-state index contributed by atoms with van der Waals surface area (Å²) in [5.74, 6) is 0.0186. The van der Waals surface area contributed by atoms with E-state index in [1.807, 2.05) is 28.8 Å². The van der Waals surface area contributed by atoms with Crippen LogP contribution in [0.1, 0.15) is 31.5 Å². The summed E-state index contributed by atoms with van der Waals surface area (Å²) in [6.45, 7) is 4.87. The highest BCUT2D eigenvalue weighted by atomic mass is 16.1. The molecule has 3 heteroatoms. The molecule has 0 N–H and O–H groups in total. The zero-order valence-corrected chi connectivity index (χ0v) is 20.2. The molecule has 0 amide bonds. The van der Waals surface area contributed by atoms with Gasteiger partial charge in [-0.15, -0.1) is 0 Å². The molecule has 0 saturated carbocycles. The highest BCUT2D eigenvalue weighted by Gasteiger charge is 2.24. The van der Waals surface area contributed by atoms with Gasteiger partial charge in [0.15, 0.2) is 0 Å². The zero-order valence-electron chi connectivity index (χ0n) is 20.2. The summed E-state index contributed by atoms with van der Waals surface area (Å²) in [5.41, 5.74) is 7.66. The monoisotopic (exact) mass is 456 g/mol. The van der Waals surface area contributed by atoms with E-state index in [4.69, 9.17) is 0 Å². The van der Waals surface area contributed by atoms with Gasteiger partial charge in [-0.3, -0.25) is 9.36 Å². The number of nitrogens with zero attached hydrogens (tertiary/aromatic N) is 2. The number of hydrogen-bond donors (Lipinski definition) is 0. The standard InChI is InChI=1S/C32H28N2O/c1-3-4-19-33-28-18-12-11-17-25(28)26-20-30-27(21-29(26)33)31(23-13-7-5-8-14-23)32(34(30)22(2)35)24-15-9-6-10-16-24/h5-18,20-21H,3-4,19H2,1-2H3. The molecule has 0 aliphatic heterocycles. The lowest BCUT2D eigenvalue weighted by Gasteiger charge is -2.10. The second-order valence-corrected chi connectivity index (χ2v) is 9.22. The molecular formula is C32H28N2O. The van der Waals surface area contributed by atoms with Crippen LogP contribution >= 0.6 is 0 Å². The Labute approximate surface area is 205 Å². The van der Waals surface area contributed by atoms with Gasteiger partial charge in [0.1, 0.15) is 0 Å². The van der Waals surface area contributed by atoms with Crippen molar-refractivity contribution in [2.45, 2.75) is 33.2 Å². The quantitative estimate of drug-likeness (QED) is 0.255. The molecule has 0 radical (unpaired) electrons. The molecule has 2 heterocycles. The number of aryl methyl sites for hydroxylation is 1. The molecule has 0 unspecified atom stereocenters. The van der Waals surface area contributed by atoms with E-state index in [-0.39, 0.29) is 5.91 Å². The number of carbonyl (C=O) groups excluding carboxylic acids is 1. The van der Waals surface area contributed by atoms with Crippen molar-refractivity contribution in [1.82, 2.24) is 9.13 Å². The normalized spacial score (nSPS) is 11.6. The number of rotatable bonds is 5. The van der Waals surface area contributed by atoms with Crippen molar-refractivity contribution in [2.24, 2.45) is 0 Å². The second-order valence-electron chi connectivity index (χ2n) is 9.22. The van der Waals surface area contributed by atoms with Crippen molar-refractivity contribution < 1.29 is 4.79 Å². The number of carbonyl (C=O) groups is 1. The summed E-state index contributed by atoms with van der Waals surface area (Å²) in [7, 11) is 0. The van der Waals surface area contributed by atoms with Crippen LogP contribution in [0, 0.1) is 0 Å². The van der Waals surface area contributed by atoms with Gasteiger partial charge in [0.05, 0.1) is 11.2 Å². The third kappa shape index (κ3) is 3.38. The SMILES string of the molecule is CCCCn1c2ccccc2c2cc3c(cc21)c(-c1ccccc1)c(-c1ccccc1)n3C(C)=O. The van der Waals surface area contributed by atoms with Crippen molar-refractivity contribution in [3.05, 3.63) is 97.1 Å². The fourth-order valence-electron chi connectivity index (χ4n) is 5.48. The van der Waals surface area contributed by atoms with Crippen molar-refractivity contribution in [3.63, 3.8) is 0 Å². The molecule has 0 fully saturated rings. The minimum absolute atomic E-state index is 0.0186. The van der Waals surface area contributed by atoms with Crippen LogP contribution in [0.5, 0.6) is 0 Å². The zero-order chi connectivity index (χ0) is 23.9. The number of benzene rings is 4. The lowest BCUT2D eigenvalue weighted by molar-refractivity contribution is 0.0943. The van der Waals surface area contributed by atoms with Crippen molar-refractivity contribution >= 4 is 38.6 Å². The van der Waals surface area contributed by atoms with E-state index in [0.717, 1.165) is 52.7 Å². The molecule has 0 aliphatic rings. The summed E-state index contributed by atoms with van der Waals surface area (Å²) in [6, 6.07) is 33.9. The number of unbranched alkanes of at least 4 members (excludes halogenated alkanes) is 1. The van der Waals surface area contributed by atoms with E-state index in [2.05, 4.69) is 84.3 Å². The lowest BCUT2D eigenvalue weighted by atomic mass is 9.98. The van der Waals surface area contributed by atoms with Gasteiger partial charge >= 0.3 is 0 Å². The molecule has 6 rings (SSSR count). The highest BCUT2D eigenvalue weighted by Crippen LogP contribution is 2.43. The van der Waals surface area contributed by atoms with Crippen molar-refractivity contribution in [3.8, 4) is 22.4 Å². The van der Waals surface area contributed by atoms with E-state index >= 15 is 0 Å². The number of fused-ring (bicyclic) bond motifs is 4. The Hall–Kier alpha value is -4.11. The smallest absolute Gasteiger partial charge is 0.228 e. The molecular weight excluding hydrogens is 428 g/mol. The van der Waals surface area contributed by atoms with Crippen LogP contribution < -0.4 is 0 Å². The fourth-order valence-corrected chi connectivity index (χ4v) is 5.48. The van der Waals surface area contributed by atoms with Gasteiger partial charge in [0.25, 0.3) is 0 Å². The molecule has 0 spiro atoms. The predicted octanol–water partition coefficient (Wildman–Crippen LogP) is 8.54. The maximum atomic E-state index is 13.2. The van der Waals surface area contributed by atoms with Crippen LogP contribution in [0.25, 0.3) is 55.1 Å². The lowest BCUT2D eigenvalue weighted by Crippen LogP contribution is -2.07. The number of hydrogen-bond acceptors (Lipinski definition) is 1. The maximum absolute atomic E-state index is 13.2. The van der Waals surface area contributed by atoms with Gasteiger partial charge in [0.2, 0.25) is 5.91 Å². The summed E-state index contributed by atoms with van der Waals surface area (Å²) >= 11 is 0. The average Bonchev–Trinajstić information content (AvgIpc) is 3.39. The molecule has 0 aliphatic carbocycles. The maximum Gasteiger partial charge on any atom is 0.228 e. The van der Waals surface area contributed by atoms with Crippen LogP contribution in [-0.2, 0) is 6.54 Å². The highest BCUT2D eigenvalue weighted by molar-refractivity contribution is 6.18. The Kier molecular flexibility index (Phi) is 5.26. The minimum atomic E-state index is 0.0186. The summed E-state index contributed by atoms with van der Waals surface area (Å²) in [6.07, 6.45) is 2.27. The van der Waals surface area contributed by atoms with E-state index < -0.39 is 0 Å². The summed E-state index contributed by atoms with van der Waals surface area (Å²) in [5, 5.41) is 3.54.